The Hall–Kier alpha value is -2.25. The highest BCUT2D eigenvalue weighted by Gasteiger charge is 2.01. The summed E-state index contributed by atoms with van der Waals surface area (Å²) >= 11 is 0. The normalized spacial score (nSPS) is 10.2. The van der Waals surface area contributed by atoms with Crippen LogP contribution < -0.4 is 10.1 Å². The molecule has 0 saturated carbocycles. The SMILES string of the molecule is Cc1cccc(OCCNCc2cc(C#N)n(C)c2)c1. The fourth-order valence-corrected chi connectivity index (χ4v) is 2.02. The van der Waals surface area contributed by atoms with Crippen LogP contribution in [0.25, 0.3) is 0 Å². The van der Waals surface area contributed by atoms with Crippen LogP contribution in [0.15, 0.2) is 36.5 Å². The van der Waals surface area contributed by atoms with Crippen molar-refractivity contribution in [2.45, 2.75) is 13.5 Å². The first-order valence-electron chi connectivity index (χ1n) is 6.64. The Morgan fingerprint density at radius 3 is 2.90 bits per heavy atom. The molecular formula is C16H19N3O. The van der Waals surface area contributed by atoms with Gasteiger partial charge < -0.3 is 14.6 Å². The molecule has 2 aromatic rings. The van der Waals surface area contributed by atoms with Gasteiger partial charge in [-0.25, -0.2) is 0 Å². The topological polar surface area (TPSA) is 50.0 Å². The van der Waals surface area contributed by atoms with Crippen LogP contribution in [-0.2, 0) is 13.6 Å². The zero-order valence-electron chi connectivity index (χ0n) is 11.9. The molecule has 0 aliphatic heterocycles. The van der Waals surface area contributed by atoms with Gasteiger partial charge in [-0.15, -0.1) is 0 Å². The predicted octanol–water partition coefficient (Wildman–Crippen LogP) is 2.37. The van der Waals surface area contributed by atoms with Crippen LogP contribution >= 0.6 is 0 Å². The standard InChI is InChI=1S/C16H19N3O/c1-13-4-3-5-16(8-13)20-7-6-18-11-14-9-15(10-17)19(2)12-14/h3-5,8-9,12,18H,6-7,11H2,1-2H3. The largest absolute Gasteiger partial charge is 0.492 e. The lowest BCUT2D eigenvalue weighted by Crippen LogP contribution is -2.20. The number of rotatable bonds is 6. The number of nitriles is 1. The van der Waals surface area contributed by atoms with Crippen LogP contribution in [0.3, 0.4) is 0 Å². The van der Waals surface area contributed by atoms with Gasteiger partial charge in [0.05, 0.1) is 0 Å². The molecule has 1 heterocycles. The van der Waals surface area contributed by atoms with Crippen LogP contribution in [0.4, 0.5) is 0 Å². The quantitative estimate of drug-likeness (QED) is 0.819. The Balaban J connectivity index is 1.70. The number of benzene rings is 1. The van der Waals surface area contributed by atoms with Gasteiger partial charge in [-0.3, -0.25) is 0 Å². The number of aromatic nitrogens is 1. The van der Waals surface area contributed by atoms with Gasteiger partial charge in [0.15, 0.2) is 0 Å². The van der Waals surface area contributed by atoms with Crippen LogP contribution in [0.2, 0.25) is 0 Å². The Morgan fingerprint density at radius 1 is 1.35 bits per heavy atom. The fourth-order valence-electron chi connectivity index (χ4n) is 2.02. The number of hydrogen-bond donors (Lipinski definition) is 1. The van der Waals surface area contributed by atoms with Crippen LogP contribution in [0.1, 0.15) is 16.8 Å². The van der Waals surface area contributed by atoms with Gasteiger partial charge in [0.2, 0.25) is 0 Å². The van der Waals surface area contributed by atoms with Crippen molar-refractivity contribution in [1.82, 2.24) is 9.88 Å². The number of ether oxygens (including phenoxy) is 1. The highest BCUT2D eigenvalue weighted by Crippen LogP contribution is 2.11. The summed E-state index contributed by atoms with van der Waals surface area (Å²) in [5.74, 6) is 0.901. The minimum atomic E-state index is 0.626. The second kappa shape index (κ2) is 6.78. The molecule has 20 heavy (non-hydrogen) atoms. The summed E-state index contributed by atoms with van der Waals surface area (Å²) in [6.07, 6.45) is 1.97. The van der Waals surface area contributed by atoms with E-state index in [4.69, 9.17) is 10.00 Å². The molecule has 2 rings (SSSR count). The summed E-state index contributed by atoms with van der Waals surface area (Å²) in [4.78, 5) is 0. The lowest BCUT2D eigenvalue weighted by molar-refractivity contribution is 0.313. The molecule has 0 aliphatic rings. The summed E-state index contributed by atoms with van der Waals surface area (Å²) < 4.78 is 7.49. The second-order valence-electron chi connectivity index (χ2n) is 4.80. The summed E-state index contributed by atoms with van der Waals surface area (Å²) in [5.41, 5.74) is 2.99. The van der Waals surface area contributed by atoms with E-state index >= 15 is 0 Å². The summed E-state index contributed by atoms with van der Waals surface area (Å²) in [6.45, 7) is 4.19. The molecule has 4 nitrogen and oxygen atoms in total. The van der Waals surface area contributed by atoms with Crippen molar-refractivity contribution in [3.8, 4) is 11.8 Å². The molecule has 0 radical (unpaired) electrons. The average molecular weight is 269 g/mol. The third-order valence-electron chi connectivity index (χ3n) is 3.04. The molecule has 0 spiro atoms. The van der Waals surface area contributed by atoms with Gasteiger partial charge in [0.25, 0.3) is 0 Å². The smallest absolute Gasteiger partial charge is 0.120 e. The maximum Gasteiger partial charge on any atom is 0.120 e. The monoisotopic (exact) mass is 269 g/mol. The van der Waals surface area contributed by atoms with Crippen molar-refractivity contribution in [1.29, 1.82) is 5.26 Å². The van der Waals surface area contributed by atoms with Crippen molar-refractivity contribution >= 4 is 0 Å². The lowest BCUT2D eigenvalue weighted by atomic mass is 10.2. The molecule has 0 fully saturated rings. The van der Waals surface area contributed by atoms with Gasteiger partial charge in [0.1, 0.15) is 24.1 Å². The molecule has 1 N–H and O–H groups in total. The summed E-state index contributed by atoms with van der Waals surface area (Å²) in [5, 5.41) is 12.2. The number of nitrogens with zero attached hydrogens (tertiary/aromatic N) is 2. The molecule has 1 aromatic heterocycles. The van der Waals surface area contributed by atoms with E-state index in [1.54, 1.807) is 0 Å². The molecule has 0 unspecified atom stereocenters. The molecule has 0 bridgehead atoms. The van der Waals surface area contributed by atoms with Gasteiger partial charge in [-0.05, 0) is 36.2 Å². The van der Waals surface area contributed by atoms with Crippen molar-refractivity contribution in [2.24, 2.45) is 7.05 Å². The summed E-state index contributed by atoms with van der Waals surface area (Å²) in [7, 11) is 1.88. The zero-order valence-corrected chi connectivity index (χ0v) is 11.9. The van der Waals surface area contributed by atoms with Gasteiger partial charge in [-0.2, -0.15) is 5.26 Å². The van der Waals surface area contributed by atoms with E-state index in [-0.39, 0.29) is 0 Å². The van der Waals surface area contributed by atoms with E-state index in [0.29, 0.717) is 12.3 Å². The van der Waals surface area contributed by atoms with Gasteiger partial charge >= 0.3 is 0 Å². The minimum absolute atomic E-state index is 0.626. The molecule has 0 aliphatic carbocycles. The van der Waals surface area contributed by atoms with Crippen LogP contribution in [0, 0.1) is 18.3 Å². The second-order valence-corrected chi connectivity index (χ2v) is 4.80. The Labute approximate surface area is 119 Å². The van der Waals surface area contributed by atoms with E-state index in [1.165, 1.54) is 5.56 Å². The Bertz CT molecular complexity index is 610. The van der Waals surface area contributed by atoms with E-state index in [1.807, 2.05) is 55.1 Å². The first-order chi connectivity index (χ1) is 9.69. The van der Waals surface area contributed by atoms with Crippen molar-refractivity contribution < 1.29 is 4.74 Å². The maximum atomic E-state index is 8.88. The minimum Gasteiger partial charge on any atom is -0.492 e. The first kappa shape index (κ1) is 14.2. The Kier molecular flexibility index (Phi) is 4.80. The van der Waals surface area contributed by atoms with Crippen LogP contribution in [-0.4, -0.2) is 17.7 Å². The third-order valence-corrected chi connectivity index (χ3v) is 3.04. The van der Waals surface area contributed by atoms with Crippen molar-refractivity contribution in [2.75, 3.05) is 13.2 Å². The van der Waals surface area contributed by atoms with E-state index in [0.717, 1.165) is 24.4 Å². The highest BCUT2D eigenvalue weighted by atomic mass is 16.5. The third kappa shape index (κ3) is 3.87. The van der Waals surface area contributed by atoms with Crippen molar-refractivity contribution in [3.63, 3.8) is 0 Å². The van der Waals surface area contributed by atoms with E-state index < -0.39 is 0 Å². The van der Waals surface area contributed by atoms with Crippen molar-refractivity contribution in [3.05, 3.63) is 53.3 Å². The molecular weight excluding hydrogens is 250 g/mol. The van der Waals surface area contributed by atoms with E-state index in [9.17, 15) is 0 Å². The average Bonchev–Trinajstić information content (AvgIpc) is 2.79. The molecule has 0 saturated heterocycles. The lowest BCUT2D eigenvalue weighted by Gasteiger charge is -2.07. The van der Waals surface area contributed by atoms with Gasteiger partial charge in [-0.1, -0.05) is 12.1 Å². The number of hydrogen-bond acceptors (Lipinski definition) is 3. The van der Waals surface area contributed by atoms with E-state index in [2.05, 4.69) is 11.4 Å². The maximum absolute atomic E-state index is 8.88. The molecule has 4 heteroatoms. The van der Waals surface area contributed by atoms with Crippen LogP contribution in [0.5, 0.6) is 5.75 Å². The number of nitrogens with one attached hydrogen (secondary N) is 1. The predicted molar refractivity (Wildman–Crippen MR) is 78.5 cm³/mol. The fraction of sp³-hybridized carbons (Fsp3) is 0.312. The molecule has 0 amide bonds. The Morgan fingerprint density at radius 2 is 2.20 bits per heavy atom. The van der Waals surface area contributed by atoms with Gasteiger partial charge in [0, 0.05) is 26.3 Å². The molecule has 0 atom stereocenters. The molecule has 1 aromatic carbocycles. The first-order valence-corrected chi connectivity index (χ1v) is 6.64. The highest BCUT2D eigenvalue weighted by molar-refractivity contribution is 5.28. The summed E-state index contributed by atoms with van der Waals surface area (Å²) in [6, 6.07) is 12.1. The number of aryl methyl sites for hydroxylation is 2. The zero-order chi connectivity index (χ0) is 14.4. The molecule has 104 valence electrons.